The van der Waals surface area contributed by atoms with Crippen LogP contribution in [0.1, 0.15) is 51.4 Å². The minimum Gasteiger partial charge on any atom is -0.480 e. The number of hydrogen-bond acceptors (Lipinski definition) is 3. The first-order valence-electron chi connectivity index (χ1n) is 8.77. The van der Waals surface area contributed by atoms with Gasteiger partial charge in [0.25, 0.3) is 0 Å². The van der Waals surface area contributed by atoms with Gasteiger partial charge in [0, 0.05) is 25.2 Å². The van der Waals surface area contributed by atoms with Crippen LogP contribution in [-0.2, 0) is 14.3 Å². The van der Waals surface area contributed by atoms with E-state index in [4.69, 9.17) is 9.84 Å². The predicted molar refractivity (Wildman–Crippen MR) is 81.4 cm³/mol. The molecule has 1 N–H and O–H groups in total. The summed E-state index contributed by atoms with van der Waals surface area (Å²) in [5, 5.41) is 9.16. The zero-order valence-corrected chi connectivity index (χ0v) is 13.2. The number of amides is 1. The summed E-state index contributed by atoms with van der Waals surface area (Å²) in [5.74, 6) is 0.484. The Kier molecular flexibility index (Phi) is 5.01. The molecule has 124 valence electrons. The van der Waals surface area contributed by atoms with Crippen LogP contribution in [-0.4, -0.2) is 47.7 Å². The summed E-state index contributed by atoms with van der Waals surface area (Å²) in [5.41, 5.74) is 0. The van der Waals surface area contributed by atoms with E-state index in [0.717, 1.165) is 19.3 Å². The Bertz CT molecular complexity index is 413. The van der Waals surface area contributed by atoms with Gasteiger partial charge in [-0.05, 0) is 31.1 Å². The van der Waals surface area contributed by atoms with Crippen LogP contribution >= 0.6 is 0 Å². The number of rotatable bonds is 5. The normalized spacial score (nSPS) is 30.0. The van der Waals surface area contributed by atoms with Crippen LogP contribution in [0.25, 0.3) is 0 Å². The Labute approximate surface area is 132 Å². The zero-order chi connectivity index (χ0) is 15.5. The predicted octanol–water partition coefficient (Wildman–Crippen LogP) is 2.29. The monoisotopic (exact) mass is 309 g/mol. The number of aliphatic carboxylic acids is 1. The second-order valence-corrected chi connectivity index (χ2v) is 7.11. The molecule has 1 aliphatic heterocycles. The average molecular weight is 309 g/mol. The SMILES string of the molecule is O=C(O)CN(C(=O)[C@@H]1C[C@@H]1C1CCCCC1)C1CCOCC1. The molecule has 3 aliphatic rings. The first-order chi connectivity index (χ1) is 10.7. The number of hydrogen-bond donors (Lipinski definition) is 1. The second kappa shape index (κ2) is 6.99. The molecule has 3 rings (SSSR count). The average Bonchev–Trinajstić information content (AvgIpc) is 3.34. The smallest absolute Gasteiger partial charge is 0.323 e. The molecule has 2 atom stereocenters. The Balaban J connectivity index is 1.60. The Morgan fingerprint density at radius 3 is 2.36 bits per heavy atom. The van der Waals surface area contributed by atoms with Crippen molar-refractivity contribution in [1.29, 1.82) is 0 Å². The molecule has 3 fully saturated rings. The highest BCUT2D eigenvalue weighted by Gasteiger charge is 2.49. The lowest BCUT2D eigenvalue weighted by Gasteiger charge is -2.33. The molecule has 0 bridgehead atoms. The van der Waals surface area contributed by atoms with Gasteiger partial charge in [-0.25, -0.2) is 0 Å². The summed E-state index contributed by atoms with van der Waals surface area (Å²) in [6, 6.07) is 0.0463. The van der Waals surface area contributed by atoms with Crippen molar-refractivity contribution in [3.63, 3.8) is 0 Å². The van der Waals surface area contributed by atoms with Crippen LogP contribution in [0.3, 0.4) is 0 Å². The highest BCUT2D eigenvalue weighted by atomic mass is 16.5. The summed E-state index contributed by atoms with van der Waals surface area (Å²) in [6.07, 6.45) is 8.93. The molecule has 1 heterocycles. The fourth-order valence-corrected chi connectivity index (χ4v) is 4.32. The molecule has 1 amide bonds. The van der Waals surface area contributed by atoms with Crippen LogP contribution in [0, 0.1) is 17.8 Å². The number of carboxylic acid groups (broad SMARTS) is 1. The van der Waals surface area contributed by atoms with E-state index in [9.17, 15) is 9.59 Å². The number of carboxylic acids is 1. The van der Waals surface area contributed by atoms with Crippen molar-refractivity contribution in [2.45, 2.75) is 57.4 Å². The lowest BCUT2D eigenvalue weighted by Crippen LogP contribution is -2.47. The highest BCUT2D eigenvalue weighted by Crippen LogP contribution is 2.50. The van der Waals surface area contributed by atoms with E-state index in [1.165, 1.54) is 32.1 Å². The third-order valence-electron chi connectivity index (χ3n) is 5.63. The van der Waals surface area contributed by atoms with Gasteiger partial charge in [-0.1, -0.05) is 32.1 Å². The third-order valence-corrected chi connectivity index (χ3v) is 5.63. The molecule has 2 saturated carbocycles. The lowest BCUT2D eigenvalue weighted by molar-refractivity contribution is -0.148. The summed E-state index contributed by atoms with van der Waals surface area (Å²) in [6.45, 7) is 1.10. The molecule has 5 nitrogen and oxygen atoms in total. The van der Waals surface area contributed by atoms with Crippen LogP contribution < -0.4 is 0 Å². The lowest BCUT2D eigenvalue weighted by atomic mass is 9.85. The Morgan fingerprint density at radius 2 is 1.73 bits per heavy atom. The van der Waals surface area contributed by atoms with Crippen LogP contribution in [0.2, 0.25) is 0 Å². The fourth-order valence-electron chi connectivity index (χ4n) is 4.32. The summed E-state index contributed by atoms with van der Waals surface area (Å²) in [7, 11) is 0. The first-order valence-corrected chi connectivity index (χ1v) is 8.77. The van der Waals surface area contributed by atoms with Crippen molar-refractivity contribution >= 4 is 11.9 Å². The van der Waals surface area contributed by atoms with Gasteiger partial charge in [0.1, 0.15) is 6.54 Å². The van der Waals surface area contributed by atoms with Gasteiger partial charge in [0.05, 0.1) is 0 Å². The molecule has 0 radical (unpaired) electrons. The van der Waals surface area contributed by atoms with Crippen molar-refractivity contribution in [2.24, 2.45) is 17.8 Å². The topological polar surface area (TPSA) is 66.8 Å². The Morgan fingerprint density at radius 1 is 1.05 bits per heavy atom. The first kappa shape index (κ1) is 15.8. The highest BCUT2D eigenvalue weighted by molar-refractivity contribution is 5.85. The van der Waals surface area contributed by atoms with Crippen LogP contribution in [0.4, 0.5) is 0 Å². The molecule has 0 aromatic heterocycles. The number of ether oxygens (including phenoxy) is 1. The van der Waals surface area contributed by atoms with Crippen molar-refractivity contribution in [3.8, 4) is 0 Å². The molecule has 0 spiro atoms. The molecule has 0 aromatic rings. The van der Waals surface area contributed by atoms with Gasteiger partial charge < -0.3 is 14.7 Å². The van der Waals surface area contributed by atoms with Gasteiger partial charge in [-0.15, -0.1) is 0 Å². The van der Waals surface area contributed by atoms with Gasteiger partial charge in [-0.2, -0.15) is 0 Å². The van der Waals surface area contributed by atoms with Crippen molar-refractivity contribution < 1.29 is 19.4 Å². The quantitative estimate of drug-likeness (QED) is 0.846. The third kappa shape index (κ3) is 3.62. The molecule has 0 unspecified atom stereocenters. The van der Waals surface area contributed by atoms with E-state index in [0.29, 0.717) is 25.0 Å². The molecule has 1 saturated heterocycles. The van der Waals surface area contributed by atoms with E-state index in [2.05, 4.69) is 0 Å². The maximum atomic E-state index is 12.8. The van der Waals surface area contributed by atoms with E-state index in [-0.39, 0.29) is 24.4 Å². The molecule has 0 aromatic carbocycles. The van der Waals surface area contributed by atoms with Crippen LogP contribution in [0.15, 0.2) is 0 Å². The minimum atomic E-state index is -0.908. The molecular formula is C17H27NO4. The van der Waals surface area contributed by atoms with Crippen molar-refractivity contribution in [1.82, 2.24) is 4.90 Å². The number of carbonyl (C=O) groups is 2. The van der Waals surface area contributed by atoms with Gasteiger partial charge >= 0.3 is 5.97 Å². The van der Waals surface area contributed by atoms with E-state index < -0.39 is 5.97 Å². The standard InChI is InChI=1S/C17H27NO4/c19-16(20)11-18(13-6-8-22-9-7-13)17(21)15-10-14(15)12-4-2-1-3-5-12/h12-15H,1-11H2,(H,19,20)/t14-,15-/m1/s1. The van der Waals surface area contributed by atoms with Gasteiger partial charge in [-0.3, -0.25) is 9.59 Å². The second-order valence-electron chi connectivity index (χ2n) is 7.11. The summed E-state index contributed by atoms with van der Waals surface area (Å²) < 4.78 is 5.34. The molecule has 5 heteroatoms. The van der Waals surface area contributed by atoms with Gasteiger partial charge in [0.2, 0.25) is 5.91 Å². The van der Waals surface area contributed by atoms with E-state index >= 15 is 0 Å². The minimum absolute atomic E-state index is 0.0463. The number of carbonyl (C=O) groups excluding carboxylic acids is 1. The van der Waals surface area contributed by atoms with E-state index in [1.54, 1.807) is 4.90 Å². The maximum absolute atomic E-state index is 12.8. The van der Waals surface area contributed by atoms with Crippen molar-refractivity contribution in [3.05, 3.63) is 0 Å². The fraction of sp³-hybridized carbons (Fsp3) is 0.882. The Hall–Kier alpha value is -1.10. The molecule has 2 aliphatic carbocycles. The van der Waals surface area contributed by atoms with Crippen LogP contribution in [0.5, 0.6) is 0 Å². The van der Waals surface area contributed by atoms with Crippen molar-refractivity contribution in [2.75, 3.05) is 19.8 Å². The summed E-state index contributed by atoms with van der Waals surface area (Å²) >= 11 is 0. The zero-order valence-electron chi connectivity index (χ0n) is 13.2. The van der Waals surface area contributed by atoms with Gasteiger partial charge in [0.15, 0.2) is 0 Å². The van der Waals surface area contributed by atoms with E-state index in [1.807, 2.05) is 0 Å². The molecular weight excluding hydrogens is 282 g/mol. The largest absolute Gasteiger partial charge is 0.480 e. The number of nitrogens with zero attached hydrogens (tertiary/aromatic N) is 1. The summed E-state index contributed by atoms with van der Waals surface area (Å²) in [4.78, 5) is 25.6. The maximum Gasteiger partial charge on any atom is 0.323 e. The molecule has 22 heavy (non-hydrogen) atoms.